The molecule has 4 aromatic carbocycles. The molecule has 16 heteroatoms. The minimum absolute atomic E-state index is 0.0731. The zero-order valence-electron chi connectivity index (χ0n) is 22.1. The minimum Gasteiger partial charge on any atom is -0.282 e. The second-order valence-electron chi connectivity index (χ2n) is 9.15. The smallest absolute Gasteiger partial charge is 0.282 e. The fourth-order valence-electron chi connectivity index (χ4n) is 4.24. The first-order valence-corrected chi connectivity index (χ1v) is 17.8. The summed E-state index contributed by atoms with van der Waals surface area (Å²) in [5.74, 6) is 0. The van der Waals surface area contributed by atoms with Crippen LogP contribution in [0.5, 0.6) is 0 Å². The Morgan fingerprint density at radius 2 is 0.705 bits per heavy atom. The third-order valence-corrected chi connectivity index (χ3v) is 9.80. The number of benzene rings is 4. The molecular weight excluding hydrogens is 657 g/mol. The van der Waals surface area contributed by atoms with Crippen molar-refractivity contribution in [2.75, 3.05) is 0 Å². The third-order valence-electron chi connectivity index (χ3n) is 6.16. The average Bonchev–Trinajstić information content (AvgIpc) is 2.93. The topological polar surface area (TPSA) is 217 Å². The Kier molecular flexibility index (Phi) is 9.11. The monoisotopic (exact) mass is 678 g/mol. The zero-order chi connectivity index (χ0) is 32.5. The van der Waals surface area contributed by atoms with E-state index < -0.39 is 60.1 Å². The van der Waals surface area contributed by atoms with Crippen LogP contribution in [0.2, 0.25) is 0 Å². The van der Waals surface area contributed by atoms with E-state index >= 15 is 0 Å². The lowest BCUT2D eigenvalue weighted by atomic mass is 10.0. The molecule has 4 aromatic rings. The fourth-order valence-corrected chi connectivity index (χ4v) is 7.09. The molecule has 0 saturated carbocycles. The van der Waals surface area contributed by atoms with Crippen molar-refractivity contribution in [3.8, 4) is 11.1 Å². The van der Waals surface area contributed by atoms with Crippen molar-refractivity contribution in [1.82, 2.24) is 0 Å². The van der Waals surface area contributed by atoms with Gasteiger partial charge in [-0.25, -0.2) is 0 Å². The Hall–Kier alpha value is -4.00. The second kappa shape index (κ2) is 12.2. The maximum absolute atomic E-state index is 12.4. The van der Waals surface area contributed by atoms with Gasteiger partial charge in [0.25, 0.3) is 40.5 Å². The van der Waals surface area contributed by atoms with Gasteiger partial charge in [0.1, 0.15) is 19.6 Å². The maximum Gasteiger partial charge on any atom is 0.295 e. The van der Waals surface area contributed by atoms with E-state index in [1.165, 1.54) is 85.0 Å². The fraction of sp³-hybridized carbons (Fsp3) is 0. The van der Waals surface area contributed by atoms with E-state index in [0.717, 1.165) is 24.3 Å². The molecule has 0 aromatic heterocycles. The standard InChI is InChI=1S/C28H22O12S4/c29-41(30,31)25-7-3-1-5-21(25)13-9-19-11-15-23(27(17-19)43(35,36)37)24-16-12-20(18-28(24)44(38,39)40)10-14-22-6-2-4-8-26(22)42(32,33)34/h1-18H,(H,29,30,31)(H,32,33,34)(H,35,36,37)(H,38,39,40). The lowest BCUT2D eigenvalue weighted by Crippen LogP contribution is -2.06. The molecule has 0 aliphatic rings. The van der Waals surface area contributed by atoms with E-state index in [1.54, 1.807) is 0 Å². The number of hydrogen-bond donors (Lipinski definition) is 4. The summed E-state index contributed by atoms with van der Waals surface area (Å²) in [7, 11) is -19.1. The van der Waals surface area contributed by atoms with Gasteiger partial charge in [-0.2, -0.15) is 33.7 Å². The molecule has 0 radical (unpaired) electrons. The summed E-state index contributed by atoms with van der Waals surface area (Å²) in [4.78, 5) is -2.29. The highest BCUT2D eigenvalue weighted by molar-refractivity contribution is 7.86. The van der Waals surface area contributed by atoms with Crippen LogP contribution >= 0.6 is 0 Å². The molecule has 12 nitrogen and oxygen atoms in total. The van der Waals surface area contributed by atoms with Gasteiger partial charge in [0.15, 0.2) is 0 Å². The predicted molar refractivity (Wildman–Crippen MR) is 162 cm³/mol. The van der Waals surface area contributed by atoms with E-state index in [4.69, 9.17) is 0 Å². The van der Waals surface area contributed by atoms with Crippen LogP contribution in [0.1, 0.15) is 22.3 Å². The molecule has 4 N–H and O–H groups in total. The van der Waals surface area contributed by atoms with Crippen molar-refractivity contribution in [1.29, 1.82) is 0 Å². The Balaban J connectivity index is 1.82. The van der Waals surface area contributed by atoms with Crippen molar-refractivity contribution in [2.24, 2.45) is 0 Å². The van der Waals surface area contributed by atoms with Crippen molar-refractivity contribution >= 4 is 64.8 Å². The van der Waals surface area contributed by atoms with Crippen LogP contribution in [0.3, 0.4) is 0 Å². The summed E-state index contributed by atoms with van der Waals surface area (Å²) in [6, 6.07) is 17.9. The first kappa shape index (κ1) is 32.9. The first-order valence-electron chi connectivity index (χ1n) is 12.1. The zero-order valence-corrected chi connectivity index (χ0v) is 25.3. The van der Waals surface area contributed by atoms with Crippen LogP contribution < -0.4 is 0 Å². The van der Waals surface area contributed by atoms with Crippen LogP contribution in [0.15, 0.2) is 105 Å². The second-order valence-corrected chi connectivity index (χ2v) is 14.7. The Morgan fingerprint density at radius 1 is 0.386 bits per heavy atom. The molecule has 0 fully saturated rings. The van der Waals surface area contributed by atoms with E-state index in [-0.39, 0.29) is 33.4 Å². The third kappa shape index (κ3) is 7.74. The van der Waals surface area contributed by atoms with Gasteiger partial charge in [0.05, 0.1) is 0 Å². The SMILES string of the molecule is O=S(=O)(O)c1ccccc1C=Cc1ccc(-c2ccc(C=Cc3ccccc3S(=O)(=O)O)cc2S(=O)(=O)O)c(S(=O)(=O)O)c1. The summed E-state index contributed by atoms with van der Waals surface area (Å²) >= 11 is 0. The summed E-state index contributed by atoms with van der Waals surface area (Å²) in [5, 5.41) is 0. The first-order chi connectivity index (χ1) is 20.4. The van der Waals surface area contributed by atoms with Crippen LogP contribution in [-0.2, 0) is 40.5 Å². The largest absolute Gasteiger partial charge is 0.295 e. The van der Waals surface area contributed by atoms with E-state index in [0.29, 0.717) is 0 Å². The Labute approximate surface area is 253 Å². The molecule has 0 atom stereocenters. The quantitative estimate of drug-likeness (QED) is 0.140. The summed E-state index contributed by atoms with van der Waals surface area (Å²) < 4.78 is 135. The molecule has 230 valence electrons. The lowest BCUT2D eigenvalue weighted by Gasteiger charge is -2.13. The molecular formula is C28H22O12S4. The number of rotatable bonds is 9. The van der Waals surface area contributed by atoms with Crippen LogP contribution in [0.25, 0.3) is 35.4 Å². The van der Waals surface area contributed by atoms with Gasteiger partial charge in [-0.3, -0.25) is 18.2 Å². The predicted octanol–water partition coefficient (Wildman–Crippen LogP) is 4.68. The summed E-state index contributed by atoms with van der Waals surface area (Å²) in [5.41, 5.74) is -0.187. The average molecular weight is 679 g/mol. The normalized spacial score (nSPS) is 13.1. The van der Waals surface area contributed by atoms with Gasteiger partial charge in [-0.15, -0.1) is 0 Å². The Morgan fingerprint density at radius 3 is 1.02 bits per heavy atom. The van der Waals surface area contributed by atoms with Crippen LogP contribution in [-0.4, -0.2) is 51.9 Å². The molecule has 0 amide bonds. The van der Waals surface area contributed by atoms with Gasteiger partial charge in [0.2, 0.25) is 0 Å². The molecule has 0 unspecified atom stereocenters. The van der Waals surface area contributed by atoms with E-state index in [2.05, 4.69) is 0 Å². The van der Waals surface area contributed by atoms with Gasteiger partial charge >= 0.3 is 0 Å². The molecule has 0 heterocycles. The van der Waals surface area contributed by atoms with Gasteiger partial charge in [0, 0.05) is 11.1 Å². The van der Waals surface area contributed by atoms with E-state index in [1.807, 2.05) is 0 Å². The highest BCUT2D eigenvalue weighted by Gasteiger charge is 2.24. The molecule has 0 bridgehead atoms. The van der Waals surface area contributed by atoms with Crippen LogP contribution in [0, 0.1) is 0 Å². The molecule has 0 aliphatic carbocycles. The minimum atomic E-state index is -5.00. The van der Waals surface area contributed by atoms with Gasteiger partial charge < -0.3 is 0 Å². The Bertz CT molecular complexity index is 2110. The maximum atomic E-state index is 12.4. The molecule has 0 aliphatic heterocycles. The molecule has 0 spiro atoms. The van der Waals surface area contributed by atoms with Crippen molar-refractivity contribution in [3.05, 3.63) is 107 Å². The van der Waals surface area contributed by atoms with Gasteiger partial charge in [-0.1, -0.05) is 85.0 Å². The molecule has 4 rings (SSSR count). The highest BCUT2D eigenvalue weighted by atomic mass is 32.2. The van der Waals surface area contributed by atoms with E-state index in [9.17, 15) is 51.9 Å². The number of hydrogen-bond acceptors (Lipinski definition) is 8. The van der Waals surface area contributed by atoms with Crippen molar-refractivity contribution in [3.63, 3.8) is 0 Å². The summed E-state index contributed by atoms with van der Waals surface area (Å²) in [6.45, 7) is 0. The molecule has 44 heavy (non-hydrogen) atoms. The van der Waals surface area contributed by atoms with Gasteiger partial charge in [-0.05, 0) is 46.5 Å². The molecule has 0 saturated heterocycles. The van der Waals surface area contributed by atoms with Crippen LogP contribution in [0.4, 0.5) is 0 Å². The highest BCUT2D eigenvalue weighted by Crippen LogP contribution is 2.35. The lowest BCUT2D eigenvalue weighted by molar-refractivity contribution is 0.480. The van der Waals surface area contributed by atoms with Crippen molar-refractivity contribution < 1.29 is 51.9 Å². The summed E-state index contributed by atoms with van der Waals surface area (Å²) in [6.07, 6.45) is 5.14. The van der Waals surface area contributed by atoms with Crippen molar-refractivity contribution in [2.45, 2.75) is 19.6 Å².